The van der Waals surface area contributed by atoms with Gasteiger partial charge in [-0.3, -0.25) is 4.79 Å². The Morgan fingerprint density at radius 1 is 0.487 bits per heavy atom. The Morgan fingerprint density at radius 2 is 0.908 bits per heavy atom. The highest BCUT2D eigenvalue weighted by Gasteiger charge is 2.51. The maximum Gasteiger partial charge on any atom is 0.220 e. The predicted octanol–water partition coefficient (Wildman–Crippen LogP) is 10.1. The molecule has 0 aromatic heterocycles. The zero-order chi connectivity index (χ0) is 55.3. The Kier molecular flexibility index (Phi) is 42.9. The van der Waals surface area contributed by atoms with Crippen LogP contribution in [0.5, 0.6) is 0 Å². The summed E-state index contributed by atoms with van der Waals surface area (Å²) in [4.78, 5) is 13.3. The minimum Gasteiger partial charge on any atom is -0.394 e. The van der Waals surface area contributed by atoms with Crippen LogP contribution in [0.15, 0.2) is 85.1 Å². The number of unbranched alkanes of at least 4 members (excludes halogenated alkanes) is 21. The highest BCUT2D eigenvalue weighted by Crippen LogP contribution is 2.30. The molecule has 12 atom stereocenters. The lowest BCUT2D eigenvalue weighted by Gasteiger charge is -2.46. The summed E-state index contributed by atoms with van der Waals surface area (Å²) >= 11 is 0. The molecule has 2 rings (SSSR count). The molecule has 14 heteroatoms. The second-order valence-electron chi connectivity index (χ2n) is 20.7. The molecule has 0 bridgehead atoms. The van der Waals surface area contributed by atoms with Crippen LogP contribution in [0.1, 0.15) is 206 Å². The summed E-state index contributed by atoms with van der Waals surface area (Å²) in [5.74, 6) is -0.257. The lowest BCUT2D eigenvalue weighted by molar-refractivity contribution is -0.359. The van der Waals surface area contributed by atoms with Gasteiger partial charge in [0, 0.05) is 6.42 Å². The smallest absolute Gasteiger partial charge is 0.220 e. The Balaban J connectivity index is 1.78. The van der Waals surface area contributed by atoms with E-state index in [1.165, 1.54) is 83.5 Å². The summed E-state index contributed by atoms with van der Waals surface area (Å²) in [6, 6.07) is -0.928. The van der Waals surface area contributed by atoms with Crippen LogP contribution in [0, 0.1) is 0 Å². The minimum absolute atomic E-state index is 0.257. The number of hydrogen-bond donors (Lipinski definition) is 9. The average molecular weight is 1070 g/mol. The number of aliphatic hydroxyl groups is 8. The molecule has 0 spiro atoms. The fourth-order valence-corrected chi connectivity index (χ4v) is 9.29. The van der Waals surface area contributed by atoms with E-state index in [4.69, 9.17) is 18.9 Å². The average Bonchev–Trinajstić information content (AvgIpc) is 3.42. The highest BCUT2D eigenvalue weighted by molar-refractivity contribution is 5.76. The van der Waals surface area contributed by atoms with Gasteiger partial charge in [-0.05, 0) is 70.6 Å². The maximum absolute atomic E-state index is 13.3. The van der Waals surface area contributed by atoms with Crippen molar-refractivity contribution in [3.05, 3.63) is 85.1 Å². The van der Waals surface area contributed by atoms with Gasteiger partial charge in [0.15, 0.2) is 12.6 Å². The third kappa shape index (κ3) is 32.3. The number of aliphatic hydroxyl groups excluding tert-OH is 8. The van der Waals surface area contributed by atoms with Gasteiger partial charge in [-0.25, -0.2) is 0 Å². The molecule has 2 saturated heterocycles. The molecule has 0 aliphatic carbocycles. The molecule has 1 amide bonds. The summed E-state index contributed by atoms with van der Waals surface area (Å²) < 4.78 is 22.8. The number of rotatable bonds is 46. The minimum atomic E-state index is -1.79. The van der Waals surface area contributed by atoms with Gasteiger partial charge in [0.05, 0.1) is 32.0 Å². The molecular weight excluding hydrogens is 967 g/mol. The molecule has 2 heterocycles. The van der Waals surface area contributed by atoms with E-state index in [0.717, 1.165) is 96.3 Å². The maximum atomic E-state index is 13.3. The fraction of sp³-hybridized carbons (Fsp3) is 0.758. The van der Waals surface area contributed by atoms with Crippen LogP contribution < -0.4 is 5.32 Å². The molecule has 0 saturated carbocycles. The molecular formula is C62H107NO13. The monoisotopic (exact) mass is 1070 g/mol. The first-order valence-electron chi connectivity index (χ1n) is 29.8. The van der Waals surface area contributed by atoms with Gasteiger partial charge in [-0.2, -0.15) is 0 Å². The molecule has 2 aliphatic heterocycles. The quantitative estimate of drug-likeness (QED) is 0.0205. The molecule has 0 radical (unpaired) electrons. The van der Waals surface area contributed by atoms with E-state index in [-0.39, 0.29) is 18.9 Å². The van der Waals surface area contributed by atoms with E-state index < -0.39 is 86.8 Å². The van der Waals surface area contributed by atoms with E-state index in [1.807, 2.05) is 6.08 Å². The van der Waals surface area contributed by atoms with E-state index in [0.29, 0.717) is 6.42 Å². The molecule has 76 heavy (non-hydrogen) atoms. The third-order valence-electron chi connectivity index (χ3n) is 14.1. The van der Waals surface area contributed by atoms with E-state index in [1.54, 1.807) is 6.08 Å². The van der Waals surface area contributed by atoms with Crippen LogP contribution in [0.4, 0.5) is 0 Å². The fourth-order valence-electron chi connectivity index (χ4n) is 9.29. The number of allylic oxidation sites excluding steroid dienone is 13. The van der Waals surface area contributed by atoms with Crippen molar-refractivity contribution in [2.45, 2.75) is 280 Å². The van der Waals surface area contributed by atoms with Gasteiger partial charge < -0.3 is 65.1 Å². The Morgan fingerprint density at radius 3 is 1.39 bits per heavy atom. The normalized spacial score (nSPS) is 25.5. The molecule has 438 valence electrons. The van der Waals surface area contributed by atoms with Gasteiger partial charge in [-0.15, -0.1) is 0 Å². The van der Waals surface area contributed by atoms with Crippen molar-refractivity contribution in [3.8, 4) is 0 Å². The Bertz CT molecular complexity index is 1600. The SMILES string of the molecule is CC/C=C\C/C=C\C/C=C\C/C=C\C/C=C\C/C=C\CCCCCCCCC(=O)NC(COC1OC(CO)C(OC2OC(CO)C(O)C(O)C2O)C(O)C1O)C(O)/C=C/CCCCCCCCCCCCCCCCC. The number of carbonyl (C=O) groups excluding carboxylic acids is 1. The molecule has 9 N–H and O–H groups in total. The molecule has 14 nitrogen and oxygen atoms in total. The second-order valence-corrected chi connectivity index (χ2v) is 20.7. The molecule has 2 fully saturated rings. The number of ether oxygens (including phenoxy) is 4. The molecule has 12 unspecified atom stereocenters. The van der Waals surface area contributed by atoms with E-state index in [9.17, 15) is 45.6 Å². The standard InChI is InChI=1S/C62H107NO13/c1-3-5-7-9-11-13-15-17-19-21-22-23-24-25-26-27-28-30-32-34-36-38-40-42-44-46-54(67)63-50(51(66)45-43-41-39-37-35-33-31-29-20-18-16-14-12-10-8-6-4-2)49-73-61-59(72)57(70)60(53(48-65)75-61)76-62-58(71)56(69)55(68)52(47-64)74-62/h5,7,11,13,17,19,22-23,25-26,28,30,43,45,50-53,55-62,64-66,68-72H,3-4,6,8-10,12,14-16,18,20-21,24,27,29,31-42,44,46-49H2,1-2H3,(H,63,67)/b7-5-,13-11-,19-17-,23-22-,26-25-,30-28-,45-43+. The lowest BCUT2D eigenvalue weighted by atomic mass is 9.97. The van der Waals surface area contributed by atoms with Crippen molar-refractivity contribution >= 4 is 5.91 Å². The number of amides is 1. The molecule has 2 aliphatic rings. The second kappa shape index (κ2) is 47.0. The van der Waals surface area contributed by atoms with Crippen molar-refractivity contribution in [1.82, 2.24) is 5.32 Å². The van der Waals surface area contributed by atoms with Crippen molar-refractivity contribution in [1.29, 1.82) is 0 Å². The van der Waals surface area contributed by atoms with Gasteiger partial charge in [0.25, 0.3) is 0 Å². The van der Waals surface area contributed by atoms with Crippen LogP contribution in [-0.2, 0) is 23.7 Å². The van der Waals surface area contributed by atoms with Crippen LogP contribution >= 0.6 is 0 Å². The van der Waals surface area contributed by atoms with Crippen molar-refractivity contribution in [2.75, 3.05) is 19.8 Å². The van der Waals surface area contributed by atoms with Crippen LogP contribution in [-0.4, -0.2) is 140 Å². The lowest BCUT2D eigenvalue weighted by Crippen LogP contribution is -2.65. The summed E-state index contributed by atoms with van der Waals surface area (Å²) in [6.45, 7) is 2.67. The van der Waals surface area contributed by atoms with E-state index in [2.05, 4.69) is 92.1 Å². The van der Waals surface area contributed by atoms with Crippen molar-refractivity contribution in [3.63, 3.8) is 0 Å². The first-order chi connectivity index (χ1) is 37.1. The summed E-state index contributed by atoms with van der Waals surface area (Å²) in [5, 5.41) is 87.1. The summed E-state index contributed by atoms with van der Waals surface area (Å²) in [5.41, 5.74) is 0. The largest absolute Gasteiger partial charge is 0.394 e. The van der Waals surface area contributed by atoms with Gasteiger partial charge in [0.2, 0.25) is 5.91 Å². The van der Waals surface area contributed by atoms with E-state index >= 15 is 0 Å². The van der Waals surface area contributed by atoms with Crippen molar-refractivity contribution < 1.29 is 64.6 Å². The number of carbonyl (C=O) groups is 1. The van der Waals surface area contributed by atoms with Crippen LogP contribution in [0.25, 0.3) is 0 Å². The first-order valence-corrected chi connectivity index (χ1v) is 29.8. The Labute approximate surface area is 459 Å². The highest BCUT2D eigenvalue weighted by atomic mass is 16.7. The van der Waals surface area contributed by atoms with Gasteiger partial charge >= 0.3 is 0 Å². The number of hydrogen-bond acceptors (Lipinski definition) is 13. The van der Waals surface area contributed by atoms with Crippen LogP contribution in [0.2, 0.25) is 0 Å². The first kappa shape index (κ1) is 69.3. The van der Waals surface area contributed by atoms with Gasteiger partial charge in [-0.1, -0.05) is 214 Å². The topological polar surface area (TPSA) is 228 Å². The third-order valence-corrected chi connectivity index (χ3v) is 14.1. The predicted molar refractivity (Wildman–Crippen MR) is 304 cm³/mol. The van der Waals surface area contributed by atoms with Gasteiger partial charge in [0.1, 0.15) is 48.8 Å². The molecule has 0 aromatic rings. The number of nitrogens with one attached hydrogen (secondary N) is 1. The molecule has 0 aromatic carbocycles. The Hall–Kier alpha value is -2.83. The zero-order valence-corrected chi connectivity index (χ0v) is 47.0. The summed E-state index contributed by atoms with van der Waals surface area (Å²) in [7, 11) is 0. The zero-order valence-electron chi connectivity index (χ0n) is 47.0. The van der Waals surface area contributed by atoms with Crippen LogP contribution in [0.3, 0.4) is 0 Å². The van der Waals surface area contributed by atoms with Crippen molar-refractivity contribution in [2.24, 2.45) is 0 Å². The summed E-state index contributed by atoms with van der Waals surface area (Å²) in [6.07, 6.45) is 46.1.